The van der Waals surface area contributed by atoms with E-state index >= 15 is 0 Å². The molecule has 0 aliphatic heterocycles. The van der Waals surface area contributed by atoms with Crippen LogP contribution in [0.3, 0.4) is 0 Å². The minimum Gasteiger partial charge on any atom is -0.493 e. The Labute approximate surface area is 151 Å². The Kier molecular flexibility index (Phi) is 5.53. The second kappa shape index (κ2) is 8.20. The van der Waals surface area contributed by atoms with Crippen molar-refractivity contribution in [3.05, 3.63) is 66.2 Å². The number of rotatable bonds is 7. The van der Waals surface area contributed by atoms with Crippen LogP contribution >= 0.6 is 0 Å². The van der Waals surface area contributed by atoms with Gasteiger partial charge in [0.25, 0.3) is 5.91 Å². The molecule has 134 valence electrons. The molecule has 3 aromatic rings. The van der Waals surface area contributed by atoms with Gasteiger partial charge in [0.15, 0.2) is 29.3 Å². The van der Waals surface area contributed by atoms with Crippen molar-refractivity contribution >= 4 is 5.91 Å². The van der Waals surface area contributed by atoms with Crippen LogP contribution in [-0.4, -0.2) is 31.7 Å². The zero-order valence-electron chi connectivity index (χ0n) is 14.7. The Morgan fingerprint density at radius 3 is 2.58 bits per heavy atom. The van der Waals surface area contributed by atoms with Crippen LogP contribution in [0.1, 0.15) is 16.1 Å². The van der Waals surface area contributed by atoms with Gasteiger partial charge in [-0.15, -0.1) is 0 Å². The first kappa shape index (κ1) is 17.5. The highest BCUT2D eigenvalue weighted by molar-refractivity contribution is 5.97. The van der Waals surface area contributed by atoms with Crippen molar-refractivity contribution in [1.29, 1.82) is 0 Å². The molecule has 0 aliphatic carbocycles. The predicted octanol–water partition coefficient (Wildman–Crippen LogP) is 3.33. The van der Waals surface area contributed by atoms with E-state index in [1.54, 1.807) is 32.4 Å². The first-order chi connectivity index (χ1) is 12.7. The van der Waals surface area contributed by atoms with Gasteiger partial charge in [-0.3, -0.25) is 4.79 Å². The number of nitrogens with zero attached hydrogens (tertiary/aromatic N) is 1. The van der Waals surface area contributed by atoms with Crippen LogP contribution in [0.2, 0.25) is 0 Å². The van der Waals surface area contributed by atoms with E-state index in [1.165, 1.54) is 6.39 Å². The summed E-state index contributed by atoms with van der Waals surface area (Å²) < 4.78 is 16.0. The summed E-state index contributed by atoms with van der Waals surface area (Å²) in [5.41, 5.74) is 2.09. The van der Waals surface area contributed by atoms with Crippen molar-refractivity contribution in [3.8, 4) is 22.8 Å². The first-order valence-electron chi connectivity index (χ1n) is 8.21. The Morgan fingerprint density at radius 2 is 1.85 bits per heavy atom. The van der Waals surface area contributed by atoms with Crippen LogP contribution in [0.15, 0.2) is 59.3 Å². The number of oxazole rings is 1. The number of nitrogens with one attached hydrogen (secondary N) is 1. The van der Waals surface area contributed by atoms with Gasteiger partial charge in [-0.1, -0.05) is 30.3 Å². The number of carbonyl (C=O) groups is 1. The molecule has 1 aromatic heterocycles. The van der Waals surface area contributed by atoms with Gasteiger partial charge in [-0.2, -0.15) is 0 Å². The SMILES string of the molecule is COc1ccc(-c2ocnc2C(=O)NCCc2ccccc2)cc1OC. The average Bonchev–Trinajstić information content (AvgIpc) is 3.18. The summed E-state index contributed by atoms with van der Waals surface area (Å²) in [6.07, 6.45) is 2.01. The molecule has 26 heavy (non-hydrogen) atoms. The smallest absolute Gasteiger partial charge is 0.273 e. The summed E-state index contributed by atoms with van der Waals surface area (Å²) in [7, 11) is 3.12. The fourth-order valence-corrected chi connectivity index (χ4v) is 2.64. The van der Waals surface area contributed by atoms with E-state index < -0.39 is 0 Å². The third-order valence-corrected chi connectivity index (χ3v) is 3.97. The van der Waals surface area contributed by atoms with Crippen molar-refractivity contribution in [2.75, 3.05) is 20.8 Å². The van der Waals surface area contributed by atoms with Crippen LogP contribution in [0.4, 0.5) is 0 Å². The topological polar surface area (TPSA) is 73.6 Å². The Bertz CT molecular complexity index is 875. The van der Waals surface area contributed by atoms with Crippen molar-refractivity contribution in [2.45, 2.75) is 6.42 Å². The fraction of sp³-hybridized carbons (Fsp3) is 0.200. The normalized spacial score (nSPS) is 10.4. The minimum atomic E-state index is -0.278. The zero-order valence-corrected chi connectivity index (χ0v) is 14.7. The van der Waals surface area contributed by atoms with E-state index in [0.717, 1.165) is 12.0 Å². The van der Waals surface area contributed by atoms with E-state index in [-0.39, 0.29) is 11.6 Å². The van der Waals surface area contributed by atoms with Gasteiger partial charge in [0, 0.05) is 12.1 Å². The molecule has 0 saturated heterocycles. The molecule has 0 radical (unpaired) electrons. The molecule has 0 spiro atoms. The maximum absolute atomic E-state index is 12.5. The molecule has 6 nitrogen and oxygen atoms in total. The van der Waals surface area contributed by atoms with Crippen LogP contribution in [0.5, 0.6) is 11.5 Å². The summed E-state index contributed by atoms with van der Waals surface area (Å²) in [6, 6.07) is 15.3. The van der Waals surface area contributed by atoms with E-state index in [4.69, 9.17) is 13.9 Å². The molecule has 0 unspecified atom stereocenters. The third kappa shape index (κ3) is 3.85. The lowest BCUT2D eigenvalue weighted by atomic mass is 10.1. The number of aromatic nitrogens is 1. The zero-order chi connectivity index (χ0) is 18.4. The summed E-state index contributed by atoms with van der Waals surface area (Å²) in [6.45, 7) is 0.515. The van der Waals surface area contributed by atoms with Crippen LogP contribution < -0.4 is 14.8 Å². The number of carbonyl (C=O) groups excluding carboxylic acids is 1. The van der Waals surface area contributed by atoms with E-state index in [0.29, 0.717) is 29.4 Å². The molecular weight excluding hydrogens is 332 g/mol. The third-order valence-electron chi connectivity index (χ3n) is 3.97. The number of hydrogen-bond donors (Lipinski definition) is 1. The molecule has 1 N–H and O–H groups in total. The molecule has 2 aromatic carbocycles. The van der Waals surface area contributed by atoms with Crippen LogP contribution in [0.25, 0.3) is 11.3 Å². The molecular formula is C20H20N2O4. The number of methoxy groups -OCH3 is 2. The quantitative estimate of drug-likeness (QED) is 0.706. The van der Waals surface area contributed by atoms with Gasteiger partial charge in [0.2, 0.25) is 0 Å². The standard InChI is InChI=1S/C20H20N2O4/c1-24-16-9-8-15(12-17(16)25-2)19-18(22-13-26-19)20(23)21-11-10-14-6-4-3-5-7-14/h3-9,12-13H,10-11H2,1-2H3,(H,21,23). The van der Waals surface area contributed by atoms with E-state index in [1.807, 2.05) is 30.3 Å². The van der Waals surface area contributed by atoms with E-state index in [2.05, 4.69) is 10.3 Å². The predicted molar refractivity (Wildman–Crippen MR) is 97.5 cm³/mol. The molecule has 3 rings (SSSR count). The van der Waals surface area contributed by atoms with Gasteiger partial charge >= 0.3 is 0 Å². The number of benzene rings is 2. The minimum absolute atomic E-state index is 0.241. The van der Waals surface area contributed by atoms with Crippen molar-refractivity contribution < 1.29 is 18.7 Å². The monoisotopic (exact) mass is 352 g/mol. The summed E-state index contributed by atoms with van der Waals surface area (Å²) in [4.78, 5) is 16.5. The molecule has 0 atom stereocenters. The van der Waals surface area contributed by atoms with Gasteiger partial charge in [0.05, 0.1) is 14.2 Å². The van der Waals surface area contributed by atoms with E-state index in [9.17, 15) is 4.79 Å². The average molecular weight is 352 g/mol. The van der Waals surface area contributed by atoms with Crippen LogP contribution in [0, 0.1) is 0 Å². The molecule has 0 saturated carbocycles. The highest BCUT2D eigenvalue weighted by Crippen LogP contribution is 2.33. The first-order valence-corrected chi connectivity index (χ1v) is 8.21. The Balaban J connectivity index is 1.72. The van der Waals surface area contributed by atoms with Gasteiger partial charge in [-0.25, -0.2) is 4.98 Å². The molecule has 1 amide bonds. The van der Waals surface area contributed by atoms with Gasteiger partial charge in [-0.05, 0) is 30.2 Å². The highest BCUT2D eigenvalue weighted by Gasteiger charge is 2.19. The molecule has 1 heterocycles. The maximum Gasteiger partial charge on any atom is 0.273 e. The lowest BCUT2D eigenvalue weighted by molar-refractivity contribution is 0.0950. The van der Waals surface area contributed by atoms with Gasteiger partial charge < -0.3 is 19.2 Å². The Hall–Kier alpha value is -3.28. The molecule has 6 heteroatoms. The summed E-state index contributed by atoms with van der Waals surface area (Å²) >= 11 is 0. The molecule has 0 fully saturated rings. The second-order valence-electron chi connectivity index (χ2n) is 5.59. The Morgan fingerprint density at radius 1 is 1.08 bits per heavy atom. The largest absolute Gasteiger partial charge is 0.493 e. The fourth-order valence-electron chi connectivity index (χ4n) is 2.64. The summed E-state index contributed by atoms with van der Waals surface area (Å²) in [5, 5.41) is 2.88. The molecule has 0 aliphatic rings. The van der Waals surface area contributed by atoms with Crippen molar-refractivity contribution in [2.24, 2.45) is 0 Å². The highest BCUT2D eigenvalue weighted by atomic mass is 16.5. The number of amides is 1. The molecule has 0 bridgehead atoms. The number of hydrogen-bond acceptors (Lipinski definition) is 5. The lowest BCUT2D eigenvalue weighted by Gasteiger charge is -2.09. The second-order valence-corrected chi connectivity index (χ2v) is 5.59. The maximum atomic E-state index is 12.5. The van der Waals surface area contributed by atoms with Crippen LogP contribution in [-0.2, 0) is 6.42 Å². The van der Waals surface area contributed by atoms with Gasteiger partial charge in [0.1, 0.15) is 0 Å². The van der Waals surface area contributed by atoms with Crippen molar-refractivity contribution in [1.82, 2.24) is 10.3 Å². The lowest BCUT2D eigenvalue weighted by Crippen LogP contribution is -2.26. The number of ether oxygens (including phenoxy) is 2. The van der Waals surface area contributed by atoms with Crippen molar-refractivity contribution in [3.63, 3.8) is 0 Å². The summed E-state index contributed by atoms with van der Waals surface area (Å²) in [5.74, 6) is 1.27.